The second kappa shape index (κ2) is 5.37. The molecule has 0 amide bonds. The van der Waals surface area contributed by atoms with Crippen molar-refractivity contribution in [3.8, 4) is 0 Å². The fourth-order valence-electron chi connectivity index (χ4n) is 2.32. The number of nitrogens with zero attached hydrogens (tertiary/aromatic N) is 2. The zero-order valence-corrected chi connectivity index (χ0v) is 12.9. The van der Waals surface area contributed by atoms with E-state index in [1.165, 1.54) is 24.0 Å². The molecular formula is C18H18FN3. The maximum absolute atomic E-state index is 13.5. The van der Waals surface area contributed by atoms with Crippen LogP contribution in [0.15, 0.2) is 48.8 Å². The number of hydrogen-bond donors (Lipinski definition) is 1. The van der Waals surface area contributed by atoms with Crippen LogP contribution >= 0.6 is 0 Å². The summed E-state index contributed by atoms with van der Waals surface area (Å²) < 4.78 is 13.5. The molecule has 112 valence electrons. The van der Waals surface area contributed by atoms with Gasteiger partial charge in [0.05, 0.1) is 5.52 Å². The zero-order valence-electron chi connectivity index (χ0n) is 12.9. The van der Waals surface area contributed by atoms with Gasteiger partial charge >= 0.3 is 0 Å². The van der Waals surface area contributed by atoms with Crippen molar-refractivity contribution in [2.45, 2.75) is 26.2 Å². The van der Waals surface area contributed by atoms with E-state index in [2.05, 4.69) is 48.2 Å². The van der Waals surface area contributed by atoms with Gasteiger partial charge < -0.3 is 5.32 Å². The van der Waals surface area contributed by atoms with Crippen LogP contribution in [0, 0.1) is 5.82 Å². The standard InChI is InChI=1S/C18H18FN3/c1-18(2,3)12-4-7-14(8-5-12)22-17-15-10-13(19)6-9-16(15)20-11-21-17/h4-11H,1-3H3,(H,20,21,22). The van der Waals surface area contributed by atoms with Crippen LogP contribution in [0.25, 0.3) is 10.9 Å². The van der Waals surface area contributed by atoms with E-state index in [0.717, 1.165) is 5.69 Å². The highest BCUT2D eigenvalue weighted by Crippen LogP contribution is 2.26. The molecular weight excluding hydrogens is 277 g/mol. The number of aromatic nitrogens is 2. The first-order chi connectivity index (χ1) is 10.4. The van der Waals surface area contributed by atoms with Gasteiger partial charge in [0.2, 0.25) is 0 Å². The number of nitrogens with one attached hydrogen (secondary N) is 1. The Morgan fingerprint density at radius 2 is 1.68 bits per heavy atom. The number of halogens is 1. The number of hydrogen-bond acceptors (Lipinski definition) is 3. The summed E-state index contributed by atoms with van der Waals surface area (Å²) in [6, 6.07) is 12.7. The van der Waals surface area contributed by atoms with Gasteiger partial charge in [0.1, 0.15) is 18.0 Å². The average molecular weight is 295 g/mol. The summed E-state index contributed by atoms with van der Waals surface area (Å²) in [6.45, 7) is 6.53. The normalized spacial score (nSPS) is 11.6. The van der Waals surface area contributed by atoms with Crippen molar-refractivity contribution in [2.24, 2.45) is 0 Å². The van der Waals surface area contributed by atoms with Crippen LogP contribution in [-0.4, -0.2) is 9.97 Å². The van der Waals surface area contributed by atoms with E-state index in [9.17, 15) is 4.39 Å². The van der Waals surface area contributed by atoms with Gasteiger partial charge in [-0.2, -0.15) is 0 Å². The second-order valence-electron chi connectivity index (χ2n) is 6.34. The third-order valence-corrected chi connectivity index (χ3v) is 3.61. The Bertz CT molecular complexity index is 805. The first-order valence-corrected chi connectivity index (χ1v) is 7.21. The molecule has 0 aliphatic carbocycles. The first kappa shape index (κ1) is 14.4. The number of anilines is 2. The molecule has 0 radical (unpaired) electrons. The number of fused-ring (bicyclic) bond motifs is 1. The van der Waals surface area contributed by atoms with Gasteiger partial charge in [0, 0.05) is 11.1 Å². The highest BCUT2D eigenvalue weighted by atomic mass is 19.1. The monoisotopic (exact) mass is 295 g/mol. The second-order valence-corrected chi connectivity index (χ2v) is 6.34. The van der Waals surface area contributed by atoms with Gasteiger partial charge in [-0.25, -0.2) is 14.4 Å². The van der Waals surface area contributed by atoms with Crippen LogP contribution in [0.4, 0.5) is 15.9 Å². The predicted octanol–water partition coefficient (Wildman–Crippen LogP) is 4.81. The predicted molar refractivity (Wildman–Crippen MR) is 87.9 cm³/mol. The Balaban J connectivity index is 1.95. The molecule has 0 bridgehead atoms. The molecule has 0 atom stereocenters. The lowest BCUT2D eigenvalue weighted by atomic mass is 9.87. The molecule has 0 aliphatic rings. The summed E-state index contributed by atoms with van der Waals surface area (Å²) in [5, 5.41) is 3.90. The van der Waals surface area contributed by atoms with Crippen LogP contribution < -0.4 is 5.32 Å². The third-order valence-electron chi connectivity index (χ3n) is 3.61. The molecule has 3 nitrogen and oxygen atoms in total. The summed E-state index contributed by atoms with van der Waals surface area (Å²) in [6.07, 6.45) is 1.48. The van der Waals surface area contributed by atoms with Gasteiger partial charge in [0.25, 0.3) is 0 Å². The van der Waals surface area contributed by atoms with Crippen LogP contribution in [0.2, 0.25) is 0 Å². The fourth-order valence-corrected chi connectivity index (χ4v) is 2.32. The molecule has 4 heteroatoms. The highest BCUT2D eigenvalue weighted by molar-refractivity contribution is 5.90. The van der Waals surface area contributed by atoms with Crippen molar-refractivity contribution in [3.05, 3.63) is 60.2 Å². The maximum Gasteiger partial charge on any atom is 0.141 e. The van der Waals surface area contributed by atoms with E-state index in [1.807, 2.05) is 12.1 Å². The highest BCUT2D eigenvalue weighted by Gasteiger charge is 2.13. The quantitative estimate of drug-likeness (QED) is 0.737. The van der Waals surface area contributed by atoms with E-state index < -0.39 is 0 Å². The van der Waals surface area contributed by atoms with Crippen molar-refractivity contribution < 1.29 is 4.39 Å². The molecule has 3 rings (SSSR count). The Hall–Kier alpha value is -2.49. The summed E-state index contributed by atoms with van der Waals surface area (Å²) in [5.41, 5.74) is 3.00. The molecule has 1 heterocycles. The van der Waals surface area contributed by atoms with Crippen LogP contribution in [0.3, 0.4) is 0 Å². The fraction of sp³-hybridized carbons (Fsp3) is 0.222. The van der Waals surface area contributed by atoms with Crippen molar-refractivity contribution in [1.29, 1.82) is 0 Å². The lowest BCUT2D eigenvalue weighted by molar-refractivity contribution is 0.590. The minimum atomic E-state index is -0.298. The largest absolute Gasteiger partial charge is 0.340 e. The lowest BCUT2D eigenvalue weighted by Gasteiger charge is -2.19. The van der Waals surface area contributed by atoms with Gasteiger partial charge in [0.15, 0.2) is 0 Å². The van der Waals surface area contributed by atoms with E-state index in [1.54, 1.807) is 6.07 Å². The molecule has 3 aromatic rings. The van der Waals surface area contributed by atoms with E-state index in [0.29, 0.717) is 16.7 Å². The Morgan fingerprint density at radius 3 is 2.36 bits per heavy atom. The van der Waals surface area contributed by atoms with Crippen molar-refractivity contribution >= 4 is 22.4 Å². The van der Waals surface area contributed by atoms with E-state index in [-0.39, 0.29) is 11.2 Å². The van der Waals surface area contributed by atoms with Gasteiger partial charge in [-0.05, 0) is 41.3 Å². The summed E-state index contributed by atoms with van der Waals surface area (Å²) >= 11 is 0. The molecule has 0 aliphatic heterocycles. The van der Waals surface area contributed by atoms with Gasteiger partial charge in [-0.3, -0.25) is 0 Å². The Labute approximate surface area is 129 Å². The summed E-state index contributed by atoms with van der Waals surface area (Å²) in [5.74, 6) is 0.307. The molecule has 0 unspecified atom stereocenters. The van der Waals surface area contributed by atoms with E-state index in [4.69, 9.17) is 0 Å². The molecule has 0 saturated heterocycles. The molecule has 1 N–H and O–H groups in total. The summed E-state index contributed by atoms with van der Waals surface area (Å²) in [4.78, 5) is 8.38. The average Bonchev–Trinajstić information content (AvgIpc) is 2.47. The van der Waals surface area contributed by atoms with Crippen molar-refractivity contribution in [1.82, 2.24) is 9.97 Å². The van der Waals surface area contributed by atoms with Crippen LogP contribution in [0.5, 0.6) is 0 Å². The molecule has 2 aromatic carbocycles. The first-order valence-electron chi connectivity index (χ1n) is 7.21. The SMILES string of the molecule is CC(C)(C)c1ccc(Nc2ncnc3ccc(F)cc23)cc1. The third kappa shape index (κ3) is 2.91. The molecule has 1 aromatic heterocycles. The van der Waals surface area contributed by atoms with Gasteiger partial charge in [-0.15, -0.1) is 0 Å². The smallest absolute Gasteiger partial charge is 0.141 e. The lowest BCUT2D eigenvalue weighted by Crippen LogP contribution is -2.10. The Morgan fingerprint density at radius 1 is 0.955 bits per heavy atom. The van der Waals surface area contributed by atoms with Crippen molar-refractivity contribution in [3.63, 3.8) is 0 Å². The molecule has 22 heavy (non-hydrogen) atoms. The van der Waals surface area contributed by atoms with Crippen LogP contribution in [-0.2, 0) is 5.41 Å². The molecule has 0 saturated carbocycles. The van der Waals surface area contributed by atoms with Crippen LogP contribution in [0.1, 0.15) is 26.3 Å². The maximum atomic E-state index is 13.5. The zero-order chi connectivity index (χ0) is 15.7. The minimum absolute atomic E-state index is 0.114. The topological polar surface area (TPSA) is 37.8 Å². The number of benzene rings is 2. The Kier molecular flexibility index (Phi) is 3.53. The molecule has 0 fully saturated rings. The van der Waals surface area contributed by atoms with Gasteiger partial charge in [-0.1, -0.05) is 32.9 Å². The molecule has 0 spiro atoms. The number of rotatable bonds is 2. The van der Waals surface area contributed by atoms with E-state index >= 15 is 0 Å². The summed E-state index contributed by atoms with van der Waals surface area (Å²) in [7, 11) is 0. The minimum Gasteiger partial charge on any atom is -0.340 e. The van der Waals surface area contributed by atoms with Crippen molar-refractivity contribution in [2.75, 3.05) is 5.32 Å².